The second-order valence-corrected chi connectivity index (χ2v) is 5.06. The highest BCUT2D eigenvalue weighted by Gasteiger charge is 2.22. The van der Waals surface area contributed by atoms with Crippen molar-refractivity contribution < 1.29 is 9.84 Å². The molecule has 1 fully saturated rings. The summed E-state index contributed by atoms with van der Waals surface area (Å²) in [7, 11) is 3.77. The summed E-state index contributed by atoms with van der Waals surface area (Å²) in [5.74, 6) is 1.10. The molecule has 1 aliphatic rings. The number of nitrogens with one attached hydrogen (secondary N) is 1. The van der Waals surface area contributed by atoms with Gasteiger partial charge in [0.1, 0.15) is 11.5 Å². The maximum Gasteiger partial charge on any atom is 0.120 e. The molecule has 0 radical (unpaired) electrons. The van der Waals surface area contributed by atoms with Crippen LogP contribution in [0, 0.1) is 0 Å². The minimum absolute atomic E-state index is 0.122. The molecule has 2 N–H and O–H groups in total. The summed E-state index contributed by atoms with van der Waals surface area (Å²) in [6.45, 7) is 4.27. The molecule has 1 aromatic carbocycles. The van der Waals surface area contributed by atoms with E-state index in [9.17, 15) is 5.11 Å². The van der Waals surface area contributed by atoms with E-state index in [0.717, 1.165) is 30.8 Å². The molecule has 1 saturated heterocycles. The Labute approximate surface area is 109 Å². The van der Waals surface area contributed by atoms with Crippen LogP contribution in [-0.4, -0.2) is 43.3 Å². The third-order valence-corrected chi connectivity index (χ3v) is 3.58. The fourth-order valence-corrected chi connectivity index (χ4v) is 2.52. The van der Waals surface area contributed by atoms with Gasteiger partial charge in [-0.15, -0.1) is 0 Å². The summed E-state index contributed by atoms with van der Waals surface area (Å²) < 4.78 is 5.20. The minimum atomic E-state index is 0.122. The smallest absolute Gasteiger partial charge is 0.120 e. The Morgan fingerprint density at radius 2 is 2.28 bits per heavy atom. The molecule has 4 heteroatoms. The van der Waals surface area contributed by atoms with Crippen LogP contribution in [0.4, 0.5) is 0 Å². The molecule has 2 unspecified atom stereocenters. The Kier molecular flexibility index (Phi) is 4.09. The molecule has 0 bridgehead atoms. The number of hydrogen-bond acceptors (Lipinski definition) is 4. The zero-order valence-corrected chi connectivity index (χ0v) is 11.3. The second kappa shape index (κ2) is 5.59. The van der Waals surface area contributed by atoms with Crippen molar-refractivity contribution in [2.45, 2.75) is 25.4 Å². The Balaban J connectivity index is 2.05. The lowest BCUT2D eigenvalue weighted by Gasteiger charge is -2.21. The molecular weight excluding hydrogens is 228 g/mol. The first-order valence-electron chi connectivity index (χ1n) is 6.41. The summed E-state index contributed by atoms with van der Waals surface area (Å²) in [6.07, 6.45) is 1.16. The van der Waals surface area contributed by atoms with Crippen LogP contribution in [0.3, 0.4) is 0 Å². The van der Waals surface area contributed by atoms with Crippen molar-refractivity contribution in [1.82, 2.24) is 10.2 Å². The number of ether oxygens (including phenoxy) is 1. The van der Waals surface area contributed by atoms with E-state index < -0.39 is 0 Å². The fraction of sp³-hybridized carbons (Fsp3) is 0.571. The molecule has 1 aliphatic heterocycles. The highest BCUT2D eigenvalue weighted by atomic mass is 16.5. The van der Waals surface area contributed by atoms with Gasteiger partial charge in [-0.2, -0.15) is 0 Å². The first-order valence-corrected chi connectivity index (χ1v) is 6.41. The largest absolute Gasteiger partial charge is 0.508 e. The van der Waals surface area contributed by atoms with Crippen LogP contribution in [0.25, 0.3) is 0 Å². The number of nitrogens with zero attached hydrogens (tertiary/aromatic N) is 1. The van der Waals surface area contributed by atoms with E-state index in [2.05, 4.69) is 24.2 Å². The predicted molar refractivity (Wildman–Crippen MR) is 72.1 cm³/mol. The third-order valence-electron chi connectivity index (χ3n) is 3.58. The summed E-state index contributed by atoms with van der Waals surface area (Å²) in [5.41, 5.74) is 0.893. The lowest BCUT2D eigenvalue weighted by Crippen LogP contribution is -2.33. The quantitative estimate of drug-likeness (QED) is 0.854. The summed E-state index contributed by atoms with van der Waals surface area (Å²) in [4.78, 5) is 2.32. The first-order chi connectivity index (χ1) is 8.60. The van der Waals surface area contributed by atoms with Crippen molar-refractivity contribution in [3.05, 3.63) is 23.8 Å². The number of phenols is 1. The van der Waals surface area contributed by atoms with Gasteiger partial charge >= 0.3 is 0 Å². The number of phenolic OH excluding ortho intramolecular Hbond substituents is 1. The van der Waals surface area contributed by atoms with E-state index in [0.29, 0.717) is 11.8 Å². The van der Waals surface area contributed by atoms with Gasteiger partial charge in [-0.3, -0.25) is 0 Å². The van der Waals surface area contributed by atoms with Crippen LogP contribution < -0.4 is 10.1 Å². The SMILES string of the molecule is COc1ccc(O)c(C(C)NC2CCN(C)C2)c1. The molecule has 100 valence electrons. The molecule has 0 saturated carbocycles. The number of aromatic hydroxyl groups is 1. The minimum Gasteiger partial charge on any atom is -0.508 e. The summed E-state index contributed by atoms with van der Waals surface area (Å²) in [6, 6.07) is 5.97. The molecule has 0 spiro atoms. The van der Waals surface area contributed by atoms with Crippen molar-refractivity contribution in [3.8, 4) is 11.5 Å². The van der Waals surface area contributed by atoms with Crippen LogP contribution in [0.1, 0.15) is 24.9 Å². The Hall–Kier alpha value is -1.26. The van der Waals surface area contributed by atoms with Crippen molar-refractivity contribution in [1.29, 1.82) is 0 Å². The van der Waals surface area contributed by atoms with E-state index in [1.165, 1.54) is 0 Å². The third kappa shape index (κ3) is 2.94. The number of hydrogen-bond donors (Lipinski definition) is 2. The first kappa shape index (κ1) is 13.2. The molecule has 2 rings (SSSR count). The summed E-state index contributed by atoms with van der Waals surface area (Å²) >= 11 is 0. The van der Waals surface area contributed by atoms with Crippen LogP contribution in [-0.2, 0) is 0 Å². The molecule has 0 aromatic heterocycles. The van der Waals surface area contributed by atoms with E-state index in [1.54, 1.807) is 19.2 Å². The number of likely N-dealkylation sites (tertiary alicyclic amines) is 1. The van der Waals surface area contributed by atoms with Gasteiger partial charge in [0.25, 0.3) is 0 Å². The van der Waals surface area contributed by atoms with Crippen molar-refractivity contribution in [2.24, 2.45) is 0 Å². The average molecular weight is 250 g/mol. The van der Waals surface area contributed by atoms with Crippen LogP contribution in [0.2, 0.25) is 0 Å². The van der Waals surface area contributed by atoms with E-state index in [-0.39, 0.29) is 6.04 Å². The lowest BCUT2D eigenvalue weighted by molar-refractivity contribution is 0.380. The van der Waals surface area contributed by atoms with Gasteiger partial charge < -0.3 is 20.1 Å². The second-order valence-electron chi connectivity index (χ2n) is 5.06. The van der Waals surface area contributed by atoms with Crippen LogP contribution in [0.15, 0.2) is 18.2 Å². The highest BCUT2D eigenvalue weighted by Crippen LogP contribution is 2.29. The standard InChI is InChI=1S/C14H22N2O2/c1-10(15-11-6-7-16(2)9-11)13-8-12(18-3)4-5-14(13)17/h4-5,8,10-11,15,17H,6-7,9H2,1-3H3. The van der Waals surface area contributed by atoms with Gasteiger partial charge in [0.2, 0.25) is 0 Å². The fourth-order valence-electron chi connectivity index (χ4n) is 2.52. The summed E-state index contributed by atoms with van der Waals surface area (Å²) in [5, 5.41) is 13.5. The van der Waals surface area contributed by atoms with Crippen molar-refractivity contribution in [3.63, 3.8) is 0 Å². The maximum atomic E-state index is 9.92. The van der Waals surface area contributed by atoms with Crippen LogP contribution >= 0.6 is 0 Å². The van der Waals surface area contributed by atoms with Crippen LogP contribution in [0.5, 0.6) is 11.5 Å². The topological polar surface area (TPSA) is 44.7 Å². The Bertz CT molecular complexity index is 409. The number of rotatable bonds is 4. The molecule has 0 aliphatic carbocycles. The molecule has 1 aromatic rings. The van der Waals surface area contributed by atoms with Gasteiger partial charge in [-0.1, -0.05) is 0 Å². The van der Waals surface area contributed by atoms with Gasteiger partial charge in [-0.05, 0) is 45.1 Å². The zero-order chi connectivity index (χ0) is 13.1. The molecule has 0 amide bonds. The number of benzene rings is 1. The van der Waals surface area contributed by atoms with Gasteiger partial charge in [0, 0.05) is 24.2 Å². The lowest BCUT2D eigenvalue weighted by atomic mass is 10.1. The Morgan fingerprint density at radius 1 is 1.50 bits per heavy atom. The number of methoxy groups -OCH3 is 1. The predicted octanol–water partition coefficient (Wildman–Crippen LogP) is 1.76. The number of likely N-dealkylation sites (N-methyl/N-ethyl adjacent to an activating group) is 1. The van der Waals surface area contributed by atoms with E-state index in [4.69, 9.17) is 4.74 Å². The normalized spacial score (nSPS) is 22.1. The molecule has 4 nitrogen and oxygen atoms in total. The van der Waals surface area contributed by atoms with Crippen molar-refractivity contribution in [2.75, 3.05) is 27.2 Å². The van der Waals surface area contributed by atoms with Gasteiger partial charge in [0.15, 0.2) is 0 Å². The molecular formula is C14H22N2O2. The molecule has 1 heterocycles. The van der Waals surface area contributed by atoms with Crippen molar-refractivity contribution >= 4 is 0 Å². The Morgan fingerprint density at radius 3 is 2.89 bits per heavy atom. The molecule has 2 atom stereocenters. The van der Waals surface area contributed by atoms with E-state index >= 15 is 0 Å². The van der Waals surface area contributed by atoms with E-state index in [1.807, 2.05) is 6.07 Å². The monoisotopic (exact) mass is 250 g/mol. The van der Waals surface area contributed by atoms with Gasteiger partial charge in [0.05, 0.1) is 7.11 Å². The molecule has 18 heavy (non-hydrogen) atoms. The highest BCUT2D eigenvalue weighted by molar-refractivity contribution is 5.41. The maximum absolute atomic E-state index is 9.92. The van der Waals surface area contributed by atoms with Gasteiger partial charge in [-0.25, -0.2) is 0 Å². The zero-order valence-electron chi connectivity index (χ0n) is 11.3. The average Bonchev–Trinajstić information content (AvgIpc) is 2.75.